The number of methoxy groups -OCH3 is 1. The summed E-state index contributed by atoms with van der Waals surface area (Å²) in [6.07, 6.45) is -0.166. The molecule has 4 heteroatoms. The highest BCUT2D eigenvalue weighted by Crippen LogP contribution is 2.27. The van der Waals surface area contributed by atoms with Crippen LogP contribution in [0.2, 0.25) is 0 Å². The van der Waals surface area contributed by atoms with Crippen molar-refractivity contribution in [2.45, 2.75) is 27.2 Å². The Bertz CT molecular complexity index is 455. The van der Waals surface area contributed by atoms with Crippen molar-refractivity contribution in [3.63, 3.8) is 0 Å². The first-order valence-corrected chi connectivity index (χ1v) is 5.96. The van der Waals surface area contributed by atoms with Crippen molar-refractivity contribution < 1.29 is 14.6 Å². The molecule has 0 saturated carbocycles. The first kappa shape index (κ1) is 14.4. The smallest absolute Gasteiger partial charge is 0.407 e. The number of carbonyl (C=O) groups is 1. The fourth-order valence-electron chi connectivity index (χ4n) is 2.07. The topological polar surface area (TPSA) is 49.8 Å². The van der Waals surface area contributed by atoms with E-state index in [2.05, 4.69) is 6.92 Å². The lowest BCUT2D eigenvalue weighted by Crippen LogP contribution is -2.27. The lowest BCUT2D eigenvalue weighted by molar-refractivity contribution is 0.156. The van der Waals surface area contributed by atoms with Gasteiger partial charge in [0.2, 0.25) is 0 Å². The Morgan fingerprint density at radius 2 is 1.94 bits per heavy atom. The zero-order valence-electron chi connectivity index (χ0n) is 11.7. The number of likely N-dealkylation sites (N-methyl/N-ethyl adjacent to an activating group) is 1. The third-order valence-electron chi connectivity index (χ3n) is 3.45. The molecule has 0 aliphatic rings. The lowest BCUT2D eigenvalue weighted by atomic mass is 9.95. The molecule has 4 nitrogen and oxygen atoms in total. The van der Waals surface area contributed by atoms with E-state index in [1.54, 1.807) is 14.2 Å². The normalized spacial score (nSPS) is 10.3. The second kappa shape index (κ2) is 5.76. The highest BCUT2D eigenvalue weighted by atomic mass is 16.5. The van der Waals surface area contributed by atoms with Crippen LogP contribution in [0, 0.1) is 20.8 Å². The Morgan fingerprint density at radius 1 is 1.33 bits per heavy atom. The van der Waals surface area contributed by atoms with Crippen LogP contribution in [0.25, 0.3) is 0 Å². The molecule has 1 rings (SSSR count). The Labute approximate surface area is 108 Å². The van der Waals surface area contributed by atoms with Gasteiger partial charge in [-0.05, 0) is 55.5 Å². The predicted molar refractivity (Wildman–Crippen MR) is 71.6 cm³/mol. The van der Waals surface area contributed by atoms with Crippen LogP contribution in [0.15, 0.2) is 6.07 Å². The van der Waals surface area contributed by atoms with Crippen LogP contribution in [0.3, 0.4) is 0 Å². The number of amides is 1. The molecule has 0 aromatic heterocycles. The first-order chi connectivity index (χ1) is 8.38. The van der Waals surface area contributed by atoms with Gasteiger partial charge in [0.25, 0.3) is 0 Å². The molecular weight excluding hydrogens is 230 g/mol. The van der Waals surface area contributed by atoms with Crippen molar-refractivity contribution in [3.05, 3.63) is 28.3 Å². The van der Waals surface area contributed by atoms with Crippen LogP contribution < -0.4 is 4.74 Å². The molecule has 1 aromatic carbocycles. The zero-order valence-corrected chi connectivity index (χ0v) is 11.7. The number of nitrogens with zero attached hydrogens (tertiary/aromatic N) is 1. The van der Waals surface area contributed by atoms with E-state index >= 15 is 0 Å². The van der Waals surface area contributed by atoms with Gasteiger partial charge in [-0.1, -0.05) is 0 Å². The van der Waals surface area contributed by atoms with E-state index < -0.39 is 6.09 Å². The molecule has 0 aliphatic heterocycles. The number of carboxylic acid groups (broad SMARTS) is 1. The zero-order chi connectivity index (χ0) is 13.9. The van der Waals surface area contributed by atoms with Gasteiger partial charge in [0.15, 0.2) is 0 Å². The molecule has 0 aliphatic carbocycles. The number of hydrogen-bond donors (Lipinski definition) is 1. The van der Waals surface area contributed by atoms with Crippen LogP contribution >= 0.6 is 0 Å². The molecule has 0 fully saturated rings. The molecule has 1 N–H and O–H groups in total. The van der Waals surface area contributed by atoms with E-state index in [0.717, 1.165) is 23.3 Å². The summed E-state index contributed by atoms with van der Waals surface area (Å²) in [5, 5.41) is 8.84. The van der Waals surface area contributed by atoms with Crippen LogP contribution in [0.5, 0.6) is 5.75 Å². The standard InChI is InChI=1S/C14H21NO3/c1-9-8-13(18-5)11(3)10(2)12(9)6-7-15(4)14(16)17/h8H,6-7H2,1-5H3,(H,16,17). The fourth-order valence-corrected chi connectivity index (χ4v) is 2.07. The average Bonchev–Trinajstić information content (AvgIpc) is 2.33. The summed E-state index contributed by atoms with van der Waals surface area (Å²) in [5.74, 6) is 0.889. The largest absolute Gasteiger partial charge is 0.496 e. The number of benzene rings is 1. The van der Waals surface area contributed by atoms with Crippen LogP contribution in [-0.4, -0.2) is 36.8 Å². The number of rotatable bonds is 4. The van der Waals surface area contributed by atoms with Gasteiger partial charge in [0.05, 0.1) is 7.11 Å². The minimum Gasteiger partial charge on any atom is -0.496 e. The third kappa shape index (κ3) is 2.94. The van der Waals surface area contributed by atoms with E-state index in [1.165, 1.54) is 16.0 Å². The van der Waals surface area contributed by atoms with Crippen molar-refractivity contribution in [3.8, 4) is 5.75 Å². The van der Waals surface area contributed by atoms with Gasteiger partial charge in [-0.3, -0.25) is 0 Å². The van der Waals surface area contributed by atoms with Crippen molar-refractivity contribution >= 4 is 6.09 Å². The maximum Gasteiger partial charge on any atom is 0.407 e. The van der Waals surface area contributed by atoms with Gasteiger partial charge in [-0.25, -0.2) is 4.79 Å². The molecular formula is C14H21NO3. The van der Waals surface area contributed by atoms with Gasteiger partial charge >= 0.3 is 6.09 Å². The maximum absolute atomic E-state index is 10.8. The van der Waals surface area contributed by atoms with Crippen molar-refractivity contribution in [2.75, 3.05) is 20.7 Å². The Morgan fingerprint density at radius 3 is 2.44 bits per heavy atom. The summed E-state index contributed by atoms with van der Waals surface area (Å²) in [7, 11) is 3.25. The summed E-state index contributed by atoms with van der Waals surface area (Å²) >= 11 is 0. The van der Waals surface area contributed by atoms with Crippen molar-refractivity contribution in [1.29, 1.82) is 0 Å². The van der Waals surface area contributed by atoms with E-state index in [9.17, 15) is 4.79 Å². The van der Waals surface area contributed by atoms with Crippen LogP contribution in [-0.2, 0) is 6.42 Å². The minimum atomic E-state index is -0.893. The van der Waals surface area contributed by atoms with E-state index in [0.29, 0.717) is 6.54 Å². The highest BCUT2D eigenvalue weighted by molar-refractivity contribution is 5.64. The van der Waals surface area contributed by atoms with Crippen molar-refractivity contribution in [2.24, 2.45) is 0 Å². The third-order valence-corrected chi connectivity index (χ3v) is 3.45. The van der Waals surface area contributed by atoms with Gasteiger partial charge in [0, 0.05) is 13.6 Å². The number of hydrogen-bond acceptors (Lipinski definition) is 2. The summed E-state index contributed by atoms with van der Waals surface area (Å²) < 4.78 is 5.32. The molecule has 0 heterocycles. The van der Waals surface area contributed by atoms with Gasteiger partial charge < -0.3 is 14.7 Å². The summed E-state index contributed by atoms with van der Waals surface area (Å²) in [6.45, 7) is 6.62. The Balaban J connectivity index is 2.96. The van der Waals surface area contributed by atoms with E-state index in [4.69, 9.17) is 9.84 Å². The Kier molecular flexibility index (Phi) is 4.59. The molecule has 1 amide bonds. The Hall–Kier alpha value is -1.71. The molecule has 0 saturated heterocycles. The summed E-state index contributed by atoms with van der Waals surface area (Å²) in [4.78, 5) is 12.1. The summed E-state index contributed by atoms with van der Waals surface area (Å²) in [6, 6.07) is 2.01. The SMILES string of the molecule is COc1cc(C)c(CCN(C)C(=O)O)c(C)c1C. The summed E-state index contributed by atoms with van der Waals surface area (Å²) in [5.41, 5.74) is 4.66. The minimum absolute atomic E-state index is 0.503. The fraction of sp³-hybridized carbons (Fsp3) is 0.500. The first-order valence-electron chi connectivity index (χ1n) is 5.96. The number of ether oxygens (including phenoxy) is 1. The maximum atomic E-state index is 10.8. The molecule has 0 radical (unpaired) electrons. The molecule has 0 atom stereocenters. The van der Waals surface area contributed by atoms with Gasteiger partial charge in [-0.15, -0.1) is 0 Å². The second-order valence-electron chi connectivity index (χ2n) is 4.58. The lowest BCUT2D eigenvalue weighted by Gasteiger charge is -2.18. The van der Waals surface area contributed by atoms with Gasteiger partial charge in [-0.2, -0.15) is 0 Å². The number of aryl methyl sites for hydroxylation is 1. The predicted octanol–water partition coefficient (Wildman–Crippen LogP) is 2.77. The van der Waals surface area contributed by atoms with E-state index in [-0.39, 0.29) is 0 Å². The molecule has 100 valence electrons. The van der Waals surface area contributed by atoms with Crippen LogP contribution in [0.1, 0.15) is 22.3 Å². The quantitative estimate of drug-likeness (QED) is 0.895. The van der Waals surface area contributed by atoms with Crippen LogP contribution in [0.4, 0.5) is 4.79 Å². The monoisotopic (exact) mass is 251 g/mol. The second-order valence-corrected chi connectivity index (χ2v) is 4.58. The molecule has 0 bridgehead atoms. The average molecular weight is 251 g/mol. The van der Waals surface area contributed by atoms with Crippen molar-refractivity contribution in [1.82, 2.24) is 4.90 Å². The van der Waals surface area contributed by atoms with Gasteiger partial charge in [0.1, 0.15) is 5.75 Å². The molecule has 18 heavy (non-hydrogen) atoms. The molecule has 0 unspecified atom stereocenters. The molecule has 1 aromatic rings. The molecule has 0 spiro atoms. The highest BCUT2D eigenvalue weighted by Gasteiger charge is 2.12. The van der Waals surface area contributed by atoms with E-state index in [1.807, 2.05) is 19.9 Å².